The van der Waals surface area contributed by atoms with Gasteiger partial charge in [-0.25, -0.2) is 9.59 Å². The van der Waals surface area contributed by atoms with Crippen molar-refractivity contribution in [3.05, 3.63) is 28.8 Å². The summed E-state index contributed by atoms with van der Waals surface area (Å²) < 4.78 is 0. The molecule has 3 N–H and O–H groups in total. The predicted molar refractivity (Wildman–Crippen MR) is 77.4 cm³/mol. The lowest BCUT2D eigenvalue weighted by Gasteiger charge is -2.23. The van der Waals surface area contributed by atoms with Crippen LogP contribution < -0.4 is 10.6 Å². The third kappa shape index (κ3) is 3.87. The number of carbonyl (C=O) groups is 2. The molecule has 1 aromatic rings. The van der Waals surface area contributed by atoms with Crippen LogP contribution in [0.3, 0.4) is 0 Å². The Bertz CT molecular complexity index is 513. The molecular weight excluding hydrogens is 280 g/mol. The molecule has 0 spiro atoms. The summed E-state index contributed by atoms with van der Waals surface area (Å²) in [6.45, 7) is 0. The molecule has 1 aliphatic rings. The largest absolute Gasteiger partial charge is 0.478 e. The van der Waals surface area contributed by atoms with E-state index in [2.05, 4.69) is 10.6 Å². The number of urea groups is 1. The fourth-order valence-electron chi connectivity index (χ4n) is 2.39. The smallest absolute Gasteiger partial charge is 0.337 e. The average molecular weight is 297 g/mol. The van der Waals surface area contributed by atoms with Gasteiger partial charge in [0.2, 0.25) is 0 Å². The van der Waals surface area contributed by atoms with Crippen molar-refractivity contribution < 1.29 is 14.7 Å². The summed E-state index contributed by atoms with van der Waals surface area (Å²) in [4.78, 5) is 23.0. The van der Waals surface area contributed by atoms with E-state index in [-0.39, 0.29) is 23.3 Å². The van der Waals surface area contributed by atoms with Crippen LogP contribution in [0.1, 0.15) is 42.5 Å². The number of carboxylic acids is 1. The van der Waals surface area contributed by atoms with Crippen LogP contribution in [0, 0.1) is 0 Å². The van der Waals surface area contributed by atoms with Crippen molar-refractivity contribution in [1.29, 1.82) is 0 Å². The number of nitrogens with one attached hydrogen (secondary N) is 2. The van der Waals surface area contributed by atoms with Crippen LogP contribution in [0.4, 0.5) is 10.5 Å². The lowest BCUT2D eigenvalue weighted by Crippen LogP contribution is -2.39. The molecule has 0 saturated heterocycles. The van der Waals surface area contributed by atoms with Crippen LogP contribution in [-0.4, -0.2) is 23.1 Å². The minimum atomic E-state index is -1.12. The summed E-state index contributed by atoms with van der Waals surface area (Å²) in [5, 5.41) is 14.9. The second-order valence-corrected chi connectivity index (χ2v) is 5.36. The van der Waals surface area contributed by atoms with Gasteiger partial charge in [0.05, 0.1) is 11.3 Å². The third-order valence-electron chi connectivity index (χ3n) is 3.40. The molecule has 2 rings (SSSR count). The zero-order chi connectivity index (χ0) is 14.5. The molecule has 0 aliphatic heterocycles. The van der Waals surface area contributed by atoms with E-state index in [9.17, 15) is 9.59 Å². The van der Waals surface area contributed by atoms with Crippen molar-refractivity contribution in [1.82, 2.24) is 5.32 Å². The molecule has 2 amide bonds. The maximum atomic E-state index is 11.9. The number of amides is 2. The van der Waals surface area contributed by atoms with Gasteiger partial charge in [0.1, 0.15) is 0 Å². The van der Waals surface area contributed by atoms with E-state index in [4.69, 9.17) is 16.7 Å². The Morgan fingerprint density at radius 1 is 1.20 bits per heavy atom. The standard InChI is InChI=1S/C14H17ClN2O3/c15-9-6-7-12(11(8-9)13(18)19)17-14(20)16-10-4-2-1-3-5-10/h6-8,10H,1-5H2,(H,18,19)(H2,16,17,20). The van der Waals surface area contributed by atoms with Crippen molar-refractivity contribution in [2.75, 3.05) is 5.32 Å². The first-order valence-electron chi connectivity index (χ1n) is 6.66. The van der Waals surface area contributed by atoms with E-state index in [0.717, 1.165) is 25.7 Å². The molecule has 1 aliphatic carbocycles. The summed E-state index contributed by atoms with van der Waals surface area (Å²) in [7, 11) is 0. The number of hydrogen-bond acceptors (Lipinski definition) is 2. The molecule has 20 heavy (non-hydrogen) atoms. The summed E-state index contributed by atoms with van der Waals surface area (Å²) in [6.07, 6.45) is 5.39. The van der Waals surface area contributed by atoms with E-state index in [0.29, 0.717) is 5.02 Å². The Balaban J connectivity index is 2.01. The SMILES string of the molecule is O=C(Nc1ccc(Cl)cc1C(=O)O)NC1CCCCC1. The maximum Gasteiger partial charge on any atom is 0.337 e. The topological polar surface area (TPSA) is 78.4 Å². The van der Waals surface area contributed by atoms with Gasteiger partial charge < -0.3 is 15.7 Å². The van der Waals surface area contributed by atoms with Gasteiger partial charge in [-0.15, -0.1) is 0 Å². The summed E-state index contributed by atoms with van der Waals surface area (Å²) >= 11 is 5.76. The lowest BCUT2D eigenvalue weighted by molar-refractivity contribution is 0.0698. The Kier molecular flexibility index (Phi) is 4.84. The Labute approximate surface area is 122 Å². The molecule has 0 radical (unpaired) electrons. The third-order valence-corrected chi connectivity index (χ3v) is 3.64. The van der Waals surface area contributed by atoms with E-state index in [1.807, 2.05) is 0 Å². The Hall–Kier alpha value is -1.75. The number of aromatic carboxylic acids is 1. The molecule has 6 heteroatoms. The second-order valence-electron chi connectivity index (χ2n) is 4.93. The summed E-state index contributed by atoms with van der Waals surface area (Å²) in [5.74, 6) is -1.12. The minimum absolute atomic E-state index is 0.0173. The van der Waals surface area contributed by atoms with Crippen LogP contribution in [0.15, 0.2) is 18.2 Å². The Morgan fingerprint density at radius 2 is 1.90 bits per heavy atom. The van der Waals surface area contributed by atoms with E-state index in [1.165, 1.54) is 18.6 Å². The molecule has 5 nitrogen and oxygen atoms in total. The first-order chi connectivity index (χ1) is 9.56. The molecule has 0 heterocycles. The number of hydrogen-bond donors (Lipinski definition) is 3. The quantitative estimate of drug-likeness (QED) is 0.799. The van der Waals surface area contributed by atoms with Gasteiger partial charge in [0.25, 0.3) is 0 Å². The second kappa shape index (κ2) is 6.61. The van der Waals surface area contributed by atoms with Gasteiger partial charge in [-0.2, -0.15) is 0 Å². The molecule has 1 saturated carbocycles. The minimum Gasteiger partial charge on any atom is -0.478 e. The highest BCUT2D eigenvalue weighted by molar-refractivity contribution is 6.31. The molecule has 1 fully saturated rings. The fourth-order valence-corrected chi connectivity index (χ4v) is 2.57. The summed E-state index contributed by atoms with van der Waals surface area (Å²) in [5.41, 5.74) is 0.228. The van der Waals surface area contributed by atoms with Crippen molar-refractivity contribution in [3.8, 4) is 0 Å². The number of carboxylic acid groups (broad SMARTS) is 1. The normalized spacial score (nSPS) is 15.7. The van der Waals surface area contributed by atoms with Crippen molar-refractivity contribution >= 4 is 29.3 Å². The van der Waals surface area contributed by atoms with Gasteiger partial charge in [0, 0.05) is 11.1 Å². The highest BCUT2D eigenvalue weighted by atomic mass is 35.5. The molecule has 1 aromatic carbocycles. The van der Waals surface area contributed by atoms with Gasteiger partial charge in [-0.3, -0.25) is 0 Å². The summed E-state index contributed by atoms with van der Waals surface area (Å²) in [6, 6.07) is 4.15. The molecule has 108 valence electrons. The predicted octanol–water partition coefficient (Wildman–Crippen LogP) is 3.49. The molecule has 0 unspecified atom stereocenters. The van der Waals surface area contributed by atoms with Gasteiger partial charge in [-0.05, 0) is 31.0 Å². The molecular formula is C14H17ClN2O3. The number of rotatable bonds is 3. The number of benzene rings is 1. The van der Waals surface area contributed by atoms with E-state index >= 15 is 0 Å². The Morgan fingerprint density at radius 3 is 2.55 bits per heavy atom. The molecule has 0 aromatic heterocycles. The average Bonchev–Trinajstić information content (AvgIpc) is 2.41. The van der Waals surface area contributed by atoms with Crippen LogP contribution in [0.25, 0.3) is 0 Å². The van der Waals surface area contributed by atoms with Gasteiger partial charge in [0.15, 0.2) is 0 Å². The van der Waals surface area contributed by atoms with Crippen LogP contribution >= 0.6 is 11.6 Å². The number of carbonyl (C=O) groups excluding carboxylic acids is 1. The van der Waals surface area contributed by atoms with Crippen LogP contribution in [0.2, 0.25) is 5.02 Å². The highest BCUT2D eigenvalue weighted by Gasteiger charge is 2.17. The first-order valence-corrected chi connectivity index (χ1v) is 7.04. The zero-order valence-corrected chi connectivity index (χ0v) is 11.7. The number of halogens is 1. The fraction of sp³-hybridized carbons (Fsp3) is 0.429. The molecule has 0 bridgehead atoms. The van der Waals surface area contributed by atoms with E-state index in [1.54, 1.807) is 6.07 Å². The van der Waals surface area contributed by atoms with Crippen molar-refractivity contribution in [3.63, 3.8) is 0 Å². The van der Waals surface area contributed by atoms with Crippen LogP contribution in [0.5, 0.6) is 0 Å². The molecule has 0 atom stereocenters. The maximum absolute atomic E-state index is 11.9. The van der Waals surface area contributed by atoms with E-state index < -0.39 is 5.97 Å². The van der Waals surface area contributed by atoms with Crippen molar-refractivity contribution in [2.24, 2.45) is 0 Å². The van der Waals surface area contributed by atoms with Crippen LogP contribution in [-0.2, 0) is 0 Å². The lowest BCUT2D eigenvalue weighted by atomic mass is 9.96. The highest BCUT2D eigenvalue weighted by Crippen LogP contribution is 2.21. The van der Waals surface area contributed by atoms with Gasteiger partial charge in [-0.1, -0.05) is 30.9 Å². The first kappa shape index (κ1) is 14.7. The zero-order valence-electron chi connectivity index (χ0n) is 11.0. The van der Waals surface area contributed by atoms with Crippen molar-refractivity contribution in [2.45, 2.75) is 38.1 Å². The van der Waals surface area contributed by atoms with Gasteiger partial charge >= 0.3 is 12.0 Å². The monoisotopic (exact) mass is 296 g/mol. The number of anilines is 1.